The molecule has 1 amide bonds. The zero-order chi connectivity index (χ0) is 19.7. The van der Waals surface area contributed by atoms with E-state index >= 15 is 0 Å². The van der Waals surface area contributed by atoms with Crippen LogP contribution in [0.25, 0.3) is 6.08 Å². The molecule has 1 aromatic carbocycles. The number of methoxy groups -OCH3 is 3. The maximum Gasteiger partial charge on any atom is 0.283 e. The van der Waals surface area contributed by atoms with Gasteiger partial charge >= 0.3 is 0 Å². The van der Waals surface area contributed by atoms with Crippen LogP contribution in [0.3, 0.4) is 0 Å². The molecule has 0 bridgehead atoms. The average Bonchev–Trinajstić information content (AvgIpc) is 3.08. The second-order valence-electron chi connectivity index (χ2n) is 6.07. The summed E-state index contributed by atoms with van der Waals surface area (Å²) in [5.74, 6) is 1.07. The number of hydrogen-bond acceptors (Lipinski definition) is 7. The molecule has 0 saturated carbocycles. The Kier molecular flexibility index (Phi) is 5.22. The molecule has 0 atom stereocenters. The molecule has 142 valence electrons. The van der Waals surface area contributed by atoms with Gasteiger partial charge in [-0.25, -0.2) is 0 Å². The first-order chi connectivity index (χ1) is 12.9. The molecular weight excluding hydrogens is 368 g/mol. The third kappa shape index (κ3) is 3.42. The van der Waals surface area contributed by atoms with Crippen LogP contribution in [0.4, 0.5) is 0 Å². The van der Waals surface area contributed by atoms with Crippen LogP contribution in [-0.2, 0) is 4.79 Å². The summed E-state index contributed by atoms with van der Waals surface area (Å²) in [6.45, 7) is 4.01. The molecule has 9 heteroatoms. The number of thioether (sulfide) groups is 1. The minimum Gasteiger partial charge on any atom is -0.493 e. The maximum atomic E-state index is 12.5. The van der Waals surface area contributed by atoms with Crippen molar-refractivity contribution in [2.45, 2.75) is 13.8 Å². The standard InChI is InChI=1S/C18H20N4O4S/c1-9(2)17-21-22-15(19)11(16(23)20-18(22)27-17)6-10-7-12(24-3)14(26-5)13(8-10)25-4/h6-9,19H,1-5H3/b11-6+,19-15?. The molecule has 1 aromatic rings. The summed E-state index contributed by atoms with van der Waals surface area (Å²) < 4.78 is 16.0. The number of hydrogen-bond donors (Lipinski definition) is 1. The summed E-state index contributed by atoms with van der Waals surface area (Å²) in [4.78, 5) is 16.6. The molecule has 0 unspecified atom stereocenters. The number of hydrazone groups is 1. The molecule has 2 aliphatic rings. The second-order valence-corrected chi connectivity index (χ2v) is 7.06. The number of rotatable bonds is 5. The maximum absolute atomic E-state index is 12.5. The molecule has 1 N–H and O–H groups in total. The van der Waals surface area contributed by atoms with Gasteiger partial charge in [-0.3, -0.25) is 10.2 Å². The lowest BCUT2D eigenvalue weighted by atomic mass is 10.1. The fourth-order valence-electron chi connectivity index (χ4n) is 2.59. The predicted octanol–water partition coefficient (Wildman–Crippen LogP) is 2.99. The molecule has 2 heterocycles. The van der Waals surface area contributed by atoms with Crippen LogP contribution in [0.1, 0.15) is 19.4 Å². The number of carbonyl (C=O) groups excluding carboxylic acids is 1. The van der Waals surface area contributed by atoms with Gasteiger partial charge in [0.1, 0.15) is 5.04 Å². The van der Waals surface area contributed by atoms with Crippen molar-refractivity contribution in [3.05, 3.63) is 23.3 Å². The Morgan fingerprint density at radius 3 is 2.30 bits per heavy atom. The van der Waals surface area contributed by atoms with Gasteiger partial charge in [0.05, 0.1) is 26.9 Å². The lowest BCUT2D eigenvalue weighted by Crippen LogP contribution is -2.35. The summed E-state index contributed by atoms with van der Waals surface area (Å²) >= 11 is 1.32. The average molecular weight is 388 g/mol. The number of carbonyl (C=O) groups is 1. The third-order valence-electron chi connectivity index (χ3n) is 3.96. The van der Waals surface area contributed by atoms with E-state index in [9.17, 15) is 4.79 Å². The highest BCUT2D eigenvalue weighted by molar-refractivity contribution is 8.27. The number of benzene rings is 1. The van der Waals surface area contributed by atoms with E-state index in [1.807, 2.05) is 13.8 Å². The Morgan fingerprint density at radius 2 is 1.78 bits per heavy atom. The molecule has 0 fully saturated rings. The molecule has 8 nitrogen and oxygen atoms in total. The Balaban J connectivity index is 2.03. The summed E-state index contributed by atoms with van der Waals surface area (Å²) in [5, 5.41) is 15.4. The first-order valence-electron chi connectivity index (χ1n) is 8.19. The number of fused-ring (bicyclic) bond motifs is 1. The quantitative estimate of drug-likeness (QED) is 0.779. The van der Waals surface area contributed by atoms with Gasteiger partial charge < -0.3 is 14.2 Å². The van der Waals surface area contributed by atoms with Crippen molar-refractivity contribution in [1.82, 2.24) is 5.01 Å². The minimum absolute atomic E-state index is 0.0121. The van der Waals surface area contributed by atoms with Crippen molar-refractivity contribution in [3.8, 4) is 17.2 Å². The number of amides is 1. The van der Waals surface area contributed by atoms with Gasteiger partial charge in [0, 0.05) is 5.92 Å². The van der Waals surface area contributed by atoms with Crippen molar-refractivity contribution in [3.63, 3.8) is 0 Å². The minimum atomic E-state index is -0.479. The highest BCUT2D eigenvalue weighted by Gasteiger charge is 2.36. The Labute approximate surface area is 161 Å². The molecule has 3 rings (SSSR count). The molecule has 0 spiro atoms. The van der Waals surface area contributed by atoms with Gasteiger partial charge in [-0.05, 0) is 35.5 Å². The van der Waals surface area contributed by atoms with Gasteiger partial charge in [0.15, 0.2) is 17.3 Å². The van der Waals surface area contributed by atoms with Gasteiger partial charge in [0.25, 0.3) is 5.91 Å². The van der Waals surface area contributed by atoms with E-state index in [1.165, 1.54) is 38.1 Å². The first-order valence-corrected chi connectivity index (χ1v) is 9.01. The van der Waals surface area contributed by atoms with Crippen LogP contribution < -0.4 is 14.2 Å². The fourth-order valence-corrected chi connectivity index (χ4v) is 3.48. The molecule has 27 heavy (non-hydrogen) atoms. The van der Waals surface area contributed by atoms with Gasteiger partial charge in [-0.1, -0.05) is 13.8 Å². The monoisotopic (exact) mass is 388 g/mol. The molecule has 2 aliphatic heterocycles. The van der Waals surface area contributed by atoms with Crippen LogP contribution in [0.15, 0.2) is 27.8 Å². The largest absolute Gasteiger partial charge is 0.493 e. The number of amidine groups is 2. The highest BCUT2D eigenvalue weighted by Crippen LogP contribution is 2.39. The van der Waals surface area contributed by atoms with E-state index in [2.05, 4.69) is 10.1 Å². The second kappa shape index (κ2) is 7.43. The van der Waals surface area contributed by atoms with Crippen molar-refractivity contribution < 1.29 is 19.0 Å². The topological polar surface area (TPSA) is 96.6 Å². The molecule has 0 aliphatic carbocycles. The van der Waals surface area contributed by atoms with E-state index in [-0.39, 0.29) is 17.3 Å². The van der Waals surface area contributed by atoms with E-state index in [0.29, 0.717) is 28.0 Å². The lowest BCUT2D eigenvalue weighted by molar-refractivity contribution is -0.114. The van der Waals surface area contributed by atoms with Crippen LogP contribution in [-0.4, -0.2) is 48.3 Å². The van der Waals surface area contributed by atoms with E-state index in [0.717, 1.165) is 5.04 Å². The zero-order valence-corrected chi connectivity index (χ0v) is 16.5. The van der Waals surface area contributed by atoms with E-state index < -0.39 is 5.91 Å². The summed E-state index contributed by atoms with van der Waals surface area (Å²) in [5.41, 5.74) is 0.763. The molecular formula is C18H20N4O4S. The van der Waals surface area contributed by atoms with E-state index in [1.54, 1.807) is 18.2 Å². The lowest BCUT2D eigenvalue weighted by Gasteiger charge is -2.20. The van der Waals surface area contributed by atoms with Crippen LogP contribution in [0.2, 0.25) is 0 Å². The van der Waals surface area contributed by atoms with Crippen LogP contribution >= 0.6 is 11.8 Å². The normalized spacial score (nSPS) is 17.9. The summed E-state index contributed by atoms with van der Waals surface area (Å²) in [7, 11) is 4.55. The molecule has 0 radical (unpaired) electrons. The number of ether oxygens (including phenoxy) is 3. The highest BCUT2D eigenvalue weighted by atomic mass is 32.2. The van der Waals surface area contributed by atoms with Crippen molar-refractivity contribution in [1.29, 1.82) is 5.41 Å². The van der Waals surface area contributed by atoms with E-state index in [4.69, 9.17) is 19.6 Å². The van der Waals surface area contributed by atoms with Crippen molar-refractivity contribution in [2.24, 2.45) is 16.0 Å². The van der Waals surface area contributed by atoms with Gasteiger partial charge in [-0.15, -0.1) is 0 Å². The first kappa shape index (κ1) is 19.0. The predicted molar refractivity (Wildman–Crippen MR) is 106 cm³/mol. The Bertz CT molecular complexity index is 880. The zero-order valence-electron chi connectivity index (χ0n) is 15.7. The molecule has 0 saturated heterocycles. The van der Waals surface area contributed by atoms with Crippen LogP contribution in [0, 0.1) is 11.3 Å². The Morgan fingerprint density at radius 1 is 1.15 bits per heavy atom. The summed E-state index contributed by atoms with van der Waals surface area (Å²) in [6.07, 6.45) is 1.57. The van der Waals surface area contributed by atoms with Gasteiger partial charge in [-0.2, -0.15) is 15.1 Å². The van der Waals surface area contributed by atoms with Crippen molar-refractivity contribution in [2.75, 3.05) is 21.3 Å². The summed E-state index contributed by atoms with van der Waals surface area (Å²) in [6, 6.07) is 3.41. The third-order valence-corrected chi connectivity index (χ3v) is 5.17. The smallest absolute Gasteiger partial charge is 0.283 e. The van der Waals surface area contributed by atoms with Crippen molar-refractivity contribution >= 4 is 39.8 Å². The molecule has 0 aromatic heterocycles. The number of nitrogens with one attached hydrogen (secondary N) is 1. The number of nitrogens with zero attached hydrogens (tertiary/aromatic N) is 3. The SMILES string of the molecule is COc1cc(/C=C2\C(=N)N3N=C(C(C)C)SC3=NC2=O)cc(OC)c1OC. The fraction of sp³-hybridized carbons (Fsp3) is 0.333. The number of aliphatic imine (C=N–C) groups is 1. The Hall–Kier alpha value is -2.81. The van der Waals surface area contributed by atoms with Crippen LogP contribution in [0.5, 0.6) is 17.2 Å². The van der Waals surface area contributed by atoms with Gasteiger partial charge in [0.2, 0.25) is 10.9 Å².